The summed E-state index contributed by atoms with van der Waals surface area (Å²) in [6, 6.07) is 20.1. The summed E-state index contributed by atoms with van der Waals surface area (Å²) in [5.74, 6) is -1.32. The molecule has 180 valence electrons. The lowest BCUT2D eigenvalue weighted by molar-refractivity contribution is -0.123. The van der Waals surface area contributed by atoms with Gasteiger partial charge in [-0.1, -0.05) is 54.6 Å². The molecule has 2 aromatic heterocycles. The molecule has 4 aromatic rings. The number of hydrogen-bond donors (Lipinski definition) is 2. The normalized spacial score (nSPS) is 13.4. The molecule has 2 aromatic carbocycles. The molecule has 5 rings (SSSR count). The molecule has 2 heterocycles. The van der Waals surface area contributed by atoms with Gasteiger partial charge in [-0.2, -0.15) is 0 Å². The van der Waals surface area contributed by atoms with E-state index in [1.165, 1.54) is 0 Å². The number of thiophene rings is 1. The lowest BCUT2D eigenvalue weighted by Crippen LogP contribution is -2.41. The van der Waals surface area contributed by atoms with Gasteiger partial charge in [0, 0.05) is 16.8 Å². The number of benzene rings is 2. The lowest BCUT2D eigenvalue weighted by Gasteiger charge is -2.12. The van der Waals surface area contributed by atoms with Gasteiger partial charge in [-0.15, -0.1) is 11.3 Å². The van der Waals surface area contributed by atoms with Crippen LogP contribution in [0.25, 0.3) is 22.6 Å². The minimum atomic E-state index is -0.706. The number of hydrogen-bond acceptors (Lipinski definition) is 6. The van der Waals surface area contributed by atoms with Gasteiger partial charge in [0.25, 0.3) is 5.91 Å². The van der Waals surface area contributed by atoms with Crippen LogP contribution < -0.4 is 10.6 Å². The van der Waals surface area contributed by atoms with Crippen molar-refractivity contribution in [2.45, 2.75) is 19.4 Å². The number of nitrogens with zero attached hydrogens (tertiary/aromatic N) is 1. The number of ether oxygens (including phenoxy) is 1. The average Bonchev–Trinajstić information content (AvgIpc) is 3.56. The van der Waals surface area contributed by atoms with Gasteiger partial charge in [0.2, 0.25) is 0 Å². The van der Waals surface area contributed by atoms with E-state index in [0.29, 0.717) is 22.9 Å². The van der Waals surface area contributed by atoms with Crippen LogP contribution in [-0.2, 0) is 22.5 Å². The number of aromatic nitrogens is 1. The Balaban J connectivity index is 1.29. The molecule has 0 spiro atoms. The topological polar surface area (TPSA) is 97.4 Å². The van der Waals surface area contributed by atoms with Crippen molar-refractivity contribution in [3.63, 3.8) is 0 Å². The van der Waals surface area contributed by atoms with E-state index in [-0.39, 0.29) is 6.54 Å². The number of carbonyl (C=O) groups is 3. The van der Waals surface area contributed by atoms with Crippen molar-refractivity contribution >= 4 is 51.8 Å². The van der Waals surface area contributed by atoms with Crippen molar-refractivity contribution in [3.05, 3.63) is 99.4 Å². The monoisotopic (exact) mass is 497 g/mol. The molecule has 8 heteroatoms. The van der Waals surface area contributed by atoms with E-state index in [4.69, 9.17) is 9.72 Å². The highest BCUT2D eigenvalue weighted by atomic mass is 32.1. The maximum Gasteiger partial charge on any atom is 0.339 e. The largest absolute Gasteiger partial charge is 0.452 e. The number of allylic oxidation sites excluding steroid dienone is 1. The fourth-order valence-corrected chi connectivity index (χ4v) is 4.93. The lowest BCUT2D eigenvalue weighted by atomic mass is 10.0. The molecule has 2 N–H and O–H groups in total. The predicted octanol–water partition coefficient (Wildman–Crippen LogP) is 4.97. The zero-order valence-corrected chi connectivity index (χ0v) is 20.1. The van der Waals surface area contributed by atoms with Crippen LogP contribution in [0, 0.1) is 0 Å². The Kier molecular flexibility index (Phi) is 6.86. The number of fused-ring (bicyclic) bond motifs is 2. The predicted molar refractivity (Wildman–Crippen MR) is 139 cm³/mol. The molecule has 0 bridgehead atoms. The molecule has 7 nitrogen and oxygen atoms in total. The van der Waals surface area contributed by atoms with E-state index in [2.05, 4.69) is 16.7 Å². The van der Waals surface area contributed by atoms with Crippen molar-refractivity contribution < 1.29 is 19.1 Å². The molecule has 1 aliphatic carbocycles. The highest BCUT2D eigenvalue weighted by molar-refractivity contribution is 7.10. The summed E-state index contributed by atoms with van der Waals surface area (Å²) in [5, 5.41) is 7.50. The summed E-state index contributed by atoms with van der Waals surface area (Å²) in [4.78, 5) is 43.5. The van der Waals surface area contributed by atoms with Crippen molar-refractivity contribution in [2.24, 2.45) is 0 Å². The smallest absolute Gasteiger partial charge is 0.339 e. The molecule has 1 aliphatic rings. The van der Waals surface area contributed by atoms with Gasteiger partial charge in [-0.25, -0.2) is 14.6 Å². The zero-order valence-electron chi connectivity index (χ0n) is 19.3. The minimum Gasteiger partial charge on any atom is -0.452 e. The molecular weight excluding hydrogens is 474 g/mol. The van der Waals surface area contributed by atoms with Crippen LogP contribution >= 0.6 is 11.3 Å². The fourth-order valence-electron chi connectivity index (χ4n) is 4.25. The zero-order chi connectivity index (χ0) is 24.9. The first-order valence-corrected chi connectivity index (χ1v) is 12.4. The van der Waals surface area contributed by atoms with Crippen LogP contribution in [0.5, 0.6) is 0 Å². The average molecular weight is 498 g/mol. The van der Waals surface area contributed by atoms with Crippen molar-refractivity contribution in [3.8, 4) is 0 Å². The highest BCUT2D eigenvalue weighted by Gasteiger charge is 2.28. The Morgan fingerprint density at radius 2 is 1.78 bits per heavy atom. The summed E-state index contributed by atoms with van der Waals surface area (Å²) in [6.07, 6.45) is 3.52. The summed E-state index contributed by atoms with van der Waals surface area (Å²) >= 11 is 1.64. The van der Waals surface area contributed by atoms with Gasteiger partial charge < -0.3 is 10.1 Å². The SMILES string of the molecule is O=C(COC(=O)c1c2c(nc3ccccc13)/C(=C\c1cccs1)CC2)NC(=O)NCc1ccccc1. The molecule has 0 aliphatic heterocycles. The molecule has 0 saturated carbocycles. The van der Waals surface area contributed by atoms with Crippen molar-refractivity contribution in [1.29, 1.82) is 0 Å². The fraction of sp³-hybridized carbons (Fsp3) is 0.143. The third-order valence-electron chi connectivity index (χ3n) is 5.89. The molecule has 36 heavy (non-hydrogen) atoms. The Morgan fingerprint density at radius 3 is 2.58 bits per heavy atom. The number of urea groups is 1. The number of carbonyl (C=O) groups excluding carboxylic acids is 3. The molecule has 3 amide bonds. The number of pyridine rings is 1. The summed E-state index contributed by atoms with van der Waals surface area (Å²) in [5.41, 5.74) is 4.69. The van der Waals surface area contributed by atoms with E-state index in [9.17, 15) is 14.4 Å². The first kappa shape index (κ1) is 23.4. The number of nitrogens with one attached hydrogen (secondary N) is 2. The molecular formula is C28H23N3O4S. The highest BCUT2D eigenvalue weighted by Crippen LogP contribution is 2.38. The van der Waals surface area contributed by atoms with Gasteiger partial charge in [-0.3, -0.25) is 10.1 Å². The van der Waals surface area contributed by atoms with Crippen molar-refractivity contribution in [2.75, 3.05) is 6.61 Å². The van der Waals surface area contributed by atoms with E-state index in [0.717, 1.165) is 33.7 Å². The van der Waals surface area contributed by atoms with Gasteiger partial charge in [0.15, 0.2) is 6.61 Å². The van der Waals surface area contributed by atoms with Crippen molar-refractivity contribution in [1.82, 2.24) is 15.6 Å². The molecule has 0 atom stereocenters. The number of rotatable bonds is 6. The molecule has 0 saturated heterocycles. The Labute approximate surface area is 211 Å². The molecule has 0 radical (unpaired) electrons. The van der Waals surface area contributed by atoms with Gasteiger partial charge in [-0.05, 0) is 53.1 Å². The van der Waals surface area contributed by atoms with Crippen LogP contribution in [0.3, 0.4) is 0 Å². The van der Waals surface area contributed by atoms with Crippen LogP contribution in [0.1, 0.15) is 38.5 Å². The second-order valence-electron chi connectivity index (χ2n) is 8.31. The third-order valence-corrected chi connectivity index (χ3v) is 6.71. The van der Waals surface area contributed by atoms with Crippen LogP contribution in [0.2, 0.25) is 0 Å². The third kappa shape index (κ3) is 5.18. The Bertz CT molecular complexity index is 1460. The first-order valence-electron chi connectivity index (χ1n) is 11.5. The van der Waals surface area contributed by atoms with Crippen LogP contribution in [0.15, 0.2) is 72.1 Å². The summed E-state index contributed by atoms with van der Waals surface area (Å²) in [6.45, 7) is -0.295. The van der Waals surface area contributed by atoms with E-state index < -0.39 is 24.5 Å². The standard InChI is InChI=1S/C28H23N3O4S/c32-24(31-28(34)29-16-18-7-2-1-3-8-18)17-35-27(33)25-21-10-4-5-11-23(21)30-26-19(12-13-22(25)26)15-20-9-6-14-36-20/h1-11,14-15H,12-13,16-17H2,(H2,29,31,32,34)/b19-15-. The first-order chi connectivity index (χ1) is 17.6. The van der Waals surface area contributed by atoms with E-state index >= 15 is 0 Å². The molecule has 0 unspecified atom stereocenters. The van der Waals surface area contributed by atoms with Crippen LogP contribution in [0.4, 0.5) is 4.79 Å². The summed E-state index contributed by atoms with van der Waals surface area (Å²) < 4.78 is 5.35. The Hall–Kier alpha value is -4.30. The van der Waals surface area contributed by atoms with Crippen LogP contribution in [-0.4, -0.2) is 29.5 Å². The van der Waals surface area contributed by atoms with Gasteiger partial charge in [0.05, 0.1) is 16.8 Å². The second-order valence-corrected chi connectivity index (χ2v) is 9.29. The maximum atomic E-state index is 13.2. The number of esters is 1. The van der Waals surface area contributed by atoms with E-state index in [1.54, 1.807) is 11.3 Å². The summed E-state index contributed by atoms with van der Waals surface area (Å²) in [7, 11) is 0. The van der Waals surface area contributed by atoms with E-state index in [1.807, 2.05) is 72.1 Å². The minimum absolute atomic E-state index is 0.274. The second kappa shape index (κ2) is 10.5. The quantitative estimate of drug-likeness (QED) is 0.367. The number of amides is 3. The maximum absolute atomic E-state index is 13.2. The molecule has 0 fully saturated rings. The number of imide groups is 1. The Morgan fingerprint density at radius 1 is 0.972 bits per heavy atom. The number of para-hydroxylation sites is 1. The van der Waals surface area contributed by atoms with Gasteiger partial charge in [0.1, 0.15) is 0 Å². The van der Waals surface area contributed by atoms with Gasteiger partial charge >= 0.3 is 12.0 Å².